The number of nitrogens with one attached hydrogen (secondary N) is 1. The largest absolute Gasteiger partial charge is 0.493 e. The molecule has 0 saturated heterocycles. The summed E-state index contributed by atoms with van der Waals surface area (Å²) in [6.45, 7) is 0.926. The van der Waals surface area contributed by atoms with Crippen molar-refractivity contribution in [3.8, 4) is 28.3 Å². The van der Waals surface area contributed by atoms with Crippen LogP contribution >= 0.6 is 0 Å². The fourth-order valence-electron chi connectivity index (χ4n) is 3.68. The van der Waals surface area contributed by atoms with Crippen LogP contribution in [0.4, 0.5) is 5.69 Å². The maximum Gasteiger partial charge on any atom is 0.359 e. The van der Waals surface area contributed by atoms with Gasteiger partial charge in [0.25, 0.3) is 0 Å². The first-order valence-corrected chi connectivity index (χ1v) is 11.3. The first-order chi connectivity index (χ1) is 17.9. The smallest absolute Gasteiger partial charge is 0.359 e. The monoisotopic (exact) mass is 499 g/mol. The van der Waals surface area contributed by atoms with Crippen molar-refractivity contribution < 1.29 is 28.6 Å². The lowest BCUT2D eigenvalue weighted by molar-refractivity contribution is -0.114. The van der Waals surface area contributed by atoms with E-state index >= 15 is 0 Å². The number of carbonyl (C=O) groups excluding carboxylic acids is 3. The minimum absolute atomic E-state index is 0.0462. The van der Waals surface area contributed by atoms with Crippen LogP contribution in [-0.2, 0) is 9.53 Å². The molecule has 0 bridgehead atoms. The summed E-state index contributed by atoms with van der Waals surface area (Å²) in [7, 11) is 3.07. The van der Waals surface area contributed by atoms with E-state index < -0.39 is 18.4 Å². The molecule has 1 heterocycles. The van der Waals surface area contributed by atoms with Gasteiger partial charge in [0, 0.05) is 29.9 Å². The molecule has 0 radical (unpaired) electrons. The van der Waals surface area contributed by atoms with Gasteiger partial charge in [-0.25, -0.2) is 9.48 Å². The van der Waals surface area contributed by atoms with Crippen LogP contribution in [0.1, 0.15) is 27.8 Å². The Morgan fingerprint density at radius 3 is 2.24 bits per heavy atom. The fraction of sp³-hybridized carbons (Fsp3) is 0.143. The number of nitrogens with zero attached hydrogens (tertiary/aromatic N) is 2. The van der Waals surface area contributed by atoms with E-state index in [1.165, 1.54) is 21.1 Å². The standard InChI is InChI=1S/C28H25N3O6/c1-18(32)29-21-12-9-19(10-13-21)24(33)17-37-28(34)27-23(16-31(30-27)22-7-5-4-6-8-22)20-11-14-25(35-2)26(15-20)36-3/h4-16H,17H2,1-3H3,(H,29,32). The molecule has 0 unspecified atom stereocenters. The predicted molar refractivity (Wildman–Crippen MR) is 137 cm³/mol. The van der Waals surface area contributed by atoms with E-state index in [0.717, 1.165) is 5.69 Å². The topological polar surface area (TPSA) is 109 Å². The van der Waals surface area contributed by atoms with Crippen LogP contribution in [0.25, 0.3) is 16.8 Å². The van der Waals surface area contributed by atoms with E-state index in [9.17, 15) is 14.4 Å². The number of esters is 1. The number of rotatable bonds is 9. The summed E-state index contributed by atoms with van der Waals surface area (Å²) >= 11 is 0. The lowest BCUT2D eigenvalue weighted by Gasteiger charge is -2.09. The van der Waals surface area contributed by atoms with Crippen molar-refractivity contribution in [1.29, 1.82) is 0 Å². The number of ether oxygens (including phenoxy) is 3. The summed E-state index contributed by atoms with van der Waals surface area (Å²) in [6.07, 6.45) is 1.72. The van der Waals surface area contributed by atoms with Gasteiger partial charge in [-0.2, -0.15) is 5.10 Å². The van der Waals surface area contributed by atoms with Crippen molar-refractivity contribution in [2.45, 2.75) is 6.92 Å². The Morgan fingerprint density at radius 1 is 0.892 bits per heavy atom. The van der Waals surface area contributed by atoms with Crippen LogP contribution in [-0.4, -0.2) is 48.3 Å². The maximum absolute atomic E-state index is 13.1. The molecule has 1 N–H and O–H groups in total. The van der Waals surface area contributed by atoms with Crippen LogP contribution < -0.4 is 14.8 Å². The van der Waals surface area contributed by atoms with Crippen molar-refractivity contribution in [3.63, 3.8) is 0 Å². The Labute approximate surface area is 213 Å². The quantitative estimate of drug-likeness (QED) is 0.266. The van der Waals surface area contributed by atoms with E-state index in [1.807, 2.05) is 30.3 Å². The average molecular weight is 500 g/mol. The maximum atomic E-state index is 13.1. The van der Waals surface area contributed by atoms with Crippen molar-refractivity contribution in [2.24, 2.45) is 0 Å². The zero-order valence-corrected chi connectivity index (χ0v) is 20.6. The second-order valence-electron chi connectivity index (χ2n) is 8.00. The van der Waals surface area contributed by atoms with Gasteiger partial charge in [-0.3, -0.25) is 9.59 Å². The number of amides is 1. The number of aromatic nitrogens is 2. The molecule has 37 heavy (non-hydrogen) atoms. The van der Waals surface area contributed by atoms with E-state index in [-0.39, 0.29) is 11.6 Å². The lowest BCUT2D eigenvalue weighted by Crippen LogP contribution is -2.15. The third kappa shape index (κ3) is 5.84. The molecule has 9 heteroatoms. The Hall–Kier alpha value is -4.92. The van der Waals surface area contributed by atoms with Crippen molar-refractivity contribution in [2.75, 3.05) is 26.1 Å². The Bertz CT molecular complexity index is 1430. The summed E-state index contributed by atoms with van der Waals surface area (Å²) in [5, 5.41) is 7.10. The summed E-state index contributed by atoms with van der Waals surface area (Å²) in [5.41, 5.74) is 2.86. The zero-order chi connectivity index (χ0) is 26.4. The molecule has 4 rings (SSSR count). The van der Waals surface area contributed by atoms with Crippen LogP contribution in [0.3, 0.4) is 0 Å². The molecule has 0 aliphatic carbocycles. The first-order valence-electron chi connectivity index (χ1n) is 11.3. The number of Topliss-reactive ketones (excluding diaryl/α,β-unsaturated/α-hetero) is 1. The van der Waals surface area contributed by atoms with Gasteiger partial charge in [0.2, 0.25) is 5.91 Å². The van der Waals surface area contributed by atoms with Gasteiger partial charge in [0.05, 0.1) is 19.9 Å². The highest BCUT2D eigenvalue weighted by Crippen LogP contribution is 2.34. The Kier molecular flexibility index (Phi) is 7.63. The predicted octanol–water partition coefficient (Wildman–Crippen LogP) is 4.55. The average Bonchev–Trinajstić information content (AvgIpc) is 3.37. The Balaban J connectivity index is 1.60. The minimum atomic E-state index is -0.748. The van der Waals surface area contributed by atoms with Gasteiger partial charge in [0.15, 0.2) is 29.6 Å². The van der Waals surface area contributed by atoms with Crippen LogP contribution in [0.5, 0.6) is 11.5 Å². The molecule has 3 aromatic carbocycles. The molecule has 0 fully saturated rings. The van der Waals surface area contributed by atoms with Crippen LogP contribution in [0.2, 0.25) is 0 Å². The second-order valence-corrected chi connectivity index (χ2v) is 8.00. The molecule has 1 amide bonds. The van der Waals surface area contributed by atoms with E-state index in [2.05, 4.69) is 10.4 Å². The minimum Gasteiger partial charge on any atom is -0.493 e. The van der Waals surface area contributed by atoms with Crippen LogP contribution in [0.15, 0.2) is 79.0 Å². The third-order valence-electron chi connectivity index (χ3n) is 5.48. The van der Waals surface area contributed by atoms with Crippen LogP contribution in [0, 0.1) is 0 Å². The van der Waals surface area contributed by atoms with Gasteiger partial charge in [-0.05, 0) is 54.1 Å². The molecule has 0 spiro atoms. The molecule has 0 saturated carbocycles. The van der Waals surface area contributed by atoms with Crippen molar-refractivity contribution in [3.05, 3.63) is 90.3 Å². The summed E-state index contributed by atoms with van der Waals surface area (Å²) in [5.74, 6) is -0.320. The highest BCUT2D eigenvalue weighted by atomic mass is 16.5. The number of methoxy groups -OCH3 is 2. The summed E-state index contributed by atoms with van der Waals surface area (Å²) < 4.78 is 17.7. The zero-order valence-electron chi connectivity index (χ0n) is 20.6. The molecular weight excluding hydrogens is 474 g/mol. The highest BCUT2D eigenvalue weighted by molar-refractivity contribution is 6.01. The normalized spacial score (nSPS) is 10.5. The molecule has 188 valence electrons. The molecular formula is C28H25N3O6. The number of ketones is 1. The van der Waals surface area contributed by atoms with E-state index in [0.29, 0.717) is 33.9 Å². The SMILES string of the molecule is COc1ccc(-c2cn(-c3ccccc3)nc2C(=O)OCC(=O)c2ccc(NC(C)=O)cc2)cc1OC. The molecule has 9 nitrogen and oxygen atoms in total. The number of carbonyl (C=O) groups is 3. The number of benzene rings is 3. The van der Waals surface area contributed by atoms with Gasteiger partial charge >= 0.3 is 5.97 Å². The number of anilines is 1. The van der Waals surface area contributed by atoms with Crippen molar-refractivity contribution >= 4 is 23.3 Å². The highest BCUT2D eigenvalue weighted by Gasteiger charge is 2.22. The van der Waals surface area contributed by atoms with E-state index in [4.69, 9.17) is 14.2 Å². The lowest BCUT2D eigenvalue weighted by atomic mass is 10.1. The Morgan fingerprint density at radius 2 is 1.59 bits per heavy atom. The molecule has 0 aliphatic rings. The van der Waals surface area contributed by atoms with Gasteiger partial charge in [-0.15, -0.1) is 0 Å². The van der Waals surface area contributed by atoms with E-state index in [1.54, 1.807) is 53.3 Å². The van der Waals surface area contributed by atoms with Gasteiger partial charge in [-0.1, -0.05) is 24.3 Å². The van der Waals surface area contributed by atoms with Gasteiger partial charge < -0.3 is 19.5 Å². The number of hydrogen-bond donors (Lipinski definition) is 1. The summed E-state index contributed by atoms with van der Waals surface area (Å²) in [6, 6.07) is 20.9. The first kappa shape index (κ1) is 25.2. The molecule has 0 atom stereocenters. The molecule has 0 aliphatic heterocycles. The second kappa shape index (κ2) is 11.2. The fourth-order valence-corrected chi connectivity index (χ4v) is 3.68. The van der Waals surface area contributed by atoms with Crippen molar-refractivity contribution in [1.82, 2.24) is 9.78 Å². The van der Waals surface area contributed by atoms with Gasteiger partial charge in [0.1, 0.15) is 0 Å². The summed E-state index contributed by atoms with van der Waals surface area (Å²) in [4.78, 5) is 36.9. The molecule has 1 aromatic heterocycles. The number of para-hydroxylation sites is 1. The molecule has 4 aromatic rings. The third-order valence-corrected chi connectivity index (χ3v) is 5.48. The number of hydrogen-bond acceptors (Lipinski definition) is 7.